The summed E-state index contributed by atoms with van der Waals surface area (Å²) in [6, 6.07) is 10.0. The molecular formula is C23H27ClN6S. The Balaban J connectivity index is 1.45. The minimum Gasteiger partial charge on any atom is -0.353 e. The van der Waals surface area contributed by atoms with E-state index in [0.29, 0.717) is 5.02 Å². The first-order chi connectivity index (χ1) is 14.8. The Labute approximate surface area is 192 Å². The van der Waals surface area contributed by atoms with E-state index in [4.69, 9.17) is 26.7 Å². The van der Waals surface area contributed by atoms with Gasteiger partial charge in [-0.2, -0.15) is 9.61 Å². The van der Waals surface area contributed by atoms with Crippen molar-refractivity contribution in [3.63, 3.8) is 0 Å². The summed E-state index contributed by atoms with van der Waals surface area (Å²) in [5.74, 6) is 1.10. The van der Waals surface area contributed by atoms with E-state index in [1.807, 2.05) is 40.5 Å². The average molecular weight is 455 g/mol. The number of benzene rings is 1. The molecular weight excluding hydrogens is 428 g/mol. The number of piperazine rings is 1. The highest BCUT2D eigenvalue weighted by molar-refractivity contribution is 8.15. The highest BCUT2D eigenvalue weighted by Gasteiger charge is 2.32. The van der Waals surface area contributed by atoms with Gasteiger partial charge in [0.2, 0.25) is 0 Å². The van der Waals surface area contributed by atoms with Gasteiger partial charge in [-0.1, -0.05) is 35.5 Å². The number of nitrogens with zero attached hydrogens (tertiary/aromatic N) is 6. The summed E-state index contributed by atoms with van der Waals surface area (Å²) in [7, 11) is 0. The van der Waals surface area contributed by atoms with E-state index in [1.54, 1.807) is 0 Å². The lowest BCUT2D eigenvalue weighted by Gasteiger charge is -2.37. The zero-order chi connectivity index (χ0) is 21.8. The van der Waals surface area contributed by atoms with Crippen molar-refractivity contribution in [3.05, 3.63) is 46.6 Å². The van der Waals surface area contributed by atoms with Crippen LogP contribution < -0.4 is 4.90 Å². The van der Waals surface area contributed by atoms with Gasteiger partial charge in [-0.25, -0.2) is 4.98 Å². The van der Waals surface area contributed by atoms with Crippen LogP contribution in [0.1, 0.15) is 25.1 Å². The molecule has 31 heavy (non-hydrogen) atoms. The first kappa shape index (κ1) is 20.6. The molecule has 0 atom stereocenters. The molecule has 0 saturated carbocycles. The van der Waals surface area contributed by atoms with Gasteiger partial charge in [0.25, 0.3) is 0 Å². The van der Waals surface area contributed by atoms with Gasteiger partial charge in [0.05, 0.1) is 12.2 Å². The smallest absolute Gasteiger partial charge is 0.161 e. The molecule has 2 aliphatic rings. The van der Waals surface area contributed by atoms with E-state index in [9.17, 15) is 0 Å². The van der Waals surface area contributed by atoms with Crippen molar-refractivity contribution in [2.24, 2.45) is 4.99 Å². The Hall–Kier alpha value is -2.25. The second-order valence-corrected chi connectivity index (χ2v) is 11.0. The van der Waals surface area contributed by atoms with Crippen molar-refractivity contribution in [2.45, 2.75) is 32.4 Å². The lowest BCUT2D eigenvalue weighted by atomic mass is 10.1. The third-order valence-corrected chi connectivity index (χ3v) is 7.35. The van der Waals surface area contributed by atoms with Crippen LogP contribution in [-0.4, -0.2) is 62.1 Å². The Morgan fingerprint density at radius 2 is 1.77 bits per heavy atom. The molecule has 162 valence electrons. The quantitative estimate of drug-likeness (QED) is 0.563. The van der Waals surface area contributed by atoms with E-state index in [1.165, 1.54) is 5.17 Å². The van der Waals surface area contributed by atoms with Gasteiger partial charge in [-0.3, -0.25) is 4.99 Å². The Morgan fingerprint density at radius 1 is 1.03 bits per heavy atom. The molecule has 6 nitrogen and oxygen atoms in total. The molecule has 0 N–H and O–H groups in total. The van der Waals surface area contributed by atoms with Crippen LogP contribution in [0.2, 0.25) is 5.02 Å². The number of aryl methyl sites for hydroxylation is 2. The number of aliphatic imine (C=N–C) groups is 1. The molecule has 3 aromatic rings. The van der Waals surface area contributed by atoms with Crippen molar-refractivity contribution < 1.29 is 0 Å². The van der Waals surface area contributed by atoms with Crippen molar-refractivity contribution in [3.8, 4) is 11.3 Å². The van der Waals surface area contributed by atoms with Crippen LogP contribution in [0.25, 0.3) is 16.9 Å². The van der Waals surface area contributed by atoms with Crippen LogP contribution in [0.15, 0.2) is 35.3 Å². The lowest BCUT2D eigenvalue weighted by Crippen LogP contribution is -2.48. The number of thioether (sulfide) groups is 1. The zero-order valence-electron chi connectivity index (χ0n) is 18.4. The highest BCUT2D eigenvalue weighted by Crippen LogP contribution is 2.34. The zero-order valence-corrected chi connectivity index (χ0v) is 20.0. The monoisotopic (exact) mass is 454 g/mol. The van der Waals surface area contributed by atoms with Gasteiger partial charge < -0.3 is 9.80 Å². The summed E-state index contributed by atoms with van der Waals surface area (Å²) in [6.45, 7) is 13.4. The predicted octanol–water partition coefficient (Wildman–Crippen LogP) is 4.67. The summed E-state index contributed by atoms with van der Waals surface area (Å²) in [5.41, 5.74) is 4.93. The Bertz CT molecular complexity index is 1180. The largest absolute Gasteiger partial charge is 0.353 e. The van der Waals surface area contributed by atoms with Crippen LogP contribution in [0.5, 0.6) is 0 Å². The van der Waals surface area contributed by atoms with Gasteiger partial charge in [-0.05, 0) is 39.8 Å². The minimum absolute atomic E-state index is 0.212. The Morgan fingerprint density at radius 3 is 2.45 bits per heavy atom. The molecule has 1 aromatic carbocycles. The van der Waals surface area contributed by atoms with Crippen LogP contribution in [0.4, 0.5) is 5.82 Å². The maximum Gasteiger partial charge on any atom is 0.161 e. The summed E-state index contributed by atoms with van der Waals surface area (Å²) >= 11 is 8.13. The van der Waals surface area contributed by atoms with Crippen LogP contribution >= 0.6 is 23.4 Å². The molecule has 1 saturated heterocycles. The highest BCUT2D eigenvalue weighted by atomic mass is 35.5. The molecule has 2 aliphatic heterocycles. The maximum absolute atomic E-state index is 6.23. The van der Waals surface area contributed by atoms with E-state index >= 15 is 0 Å². The molecule has 0 unspecified atom stereocenters. The molecule has 8 heteroatoms. The number of fused-ring (bicyclic) bond motifs is 1. The average Bonchev–Trinajstić information content (AvgIpc) is 3.27. The van der Waals surface area contributed by atoms with E-state index in [2.05, 4.69) is 43.6 Å². The number of hydrogen-bond donors (Lipinski definition) is 0. The Kier molecular flexibility index (Phi) is 5.13. The molecule has 0 radical (unpaired) electrons. The maximum atomic E-state index is 6.23. The summed E-state index contributed by atoms with van der Waals surface area (Å²) in [5, 5.41) is 6.87. The van der Waals surface area contributed by atoms with Crippen LogP contribution in [-0.2, 0) is 0 Å². The number of hydrogen-bond acceptors (Lipinski definition) is 6. The molecule has 0 spiro atoms. The van der Waals surface area contributed by atoms with E-state index < -0.39 is 0 Å². The number of halogens is 1. The molecule has 5 rings (SSSR count). The topological polar surface area (TPSA) is 49.0 Å². The molecule has 4 heterocycles. The van der Waals surface area contributed by atoms with Gasteiger partial charge >= 0.3 is 0 Å². The fourth-order valence-corrected chi connectivity index (χ4v) is 5.48. The third kappa shape index (κ3) is 3.89. The SMILES string of the molecule is Cc1cc(N2CCN(C3=NCC(C)(C)S3)CC2)n2nc(-c3cccc(Cl)c3)c(C)c2n1. The standard InChI is InChI=1S/C23H27ClN6S/c1-15-12-19(28-8-10-29(11-9-28)22-25-14-23(3,4)31-22)30-21(26-15)16(2)20(27-30)17-6-5-7-18(24)13-17/h5-7,12-13H,8-11,14H2,1-4H3. The van der Waals surface area contributed by atoms with Gasteiger partial charge in [0, 0.05) is 58.8 Å². The van der Waals surface area contributed by atoms with Gasteiger partial charge in [0.15, 0.2) is 10.8 Å². The second kappa shape index (κ2) is 7.71. The molecule has 0 amide bonds. The predicted molar refractivity (Wildman–Crippen MR) is 131 cm³/mol. The van der Waals surface area contributed by atoms with Crippen molar-refractivity contribution in [1.29, 1.82) is 0 Å². The fourth-order valence-electron chi connectivity index (χ4n) is 4.22. The van der Waals surface area contributed by atoms with Crippen molar-refractivity contribution in [2.75, 3.05) is 37.6 Å². The van der Waals surface area contributed by atoms with Crippen molar-refractivity contribution >= 4 is 40.0 Å². The first-order valence-corrected chi connectivity index (χ1v) is 11.9. The fraction of sp³-hybridized carbons (Fsp3) is 0.435. The number of rotatable bonds is 2. The summed E-state index contributed by atoms with van der Waals surface area (Å²) < 4.78 is 2.21. The van der Waals surface area contributed by atoms with Crippen LogP contribution in [0.3, 0.4) is 0 Å². The van der Waals surface area contributed by atoms with E-state index in [-0.39, 0.29) is 4.75 Å². The van der Waals surface area contributed by atoms with E-state index in [0.717, 1.165) is 66.7 Å². The lowest BCUT2D eigenvalue weighted by molar-refractivity contribution is 0.390. The summed E-state index contributed by atoms with van der Waals surface area (Å²) in [6.07, 6.45) is 0. The minimum atomic E-state index is 0.212. The molecule has 2 aromatic heterocycles. The van der Waals surface area contributed by atoms with Crippen molar-refractivity contribution in [1.82, 2.24) is 19.5 Å². The first-order valence-electron chi connectivity index (χ1n) is 10.7. The van der Waals surface area contributed by atoms with Gasteiger partial charge in [0.1, 0.15) is 5.82 Å². The number of aromatic nitrogens is 3. The second-order valence-electron chi connectivity index (χ2n) is 8.91. The summed E-state index contributed by atoms with van der Waals surface area (Å²) in [4.78, 5) is 14.4. The molecule has 1 fully saturated rings. The third-order valence-electron chi connectivity index (χ3n) is 5.86. The van der Waals surface area contributed by atoms with Crippen LogP contribution in [0, 0.1) is 13.8 Å². The van der Waals surface area contributed by atoms with Gasteiger partial charge in [-0.15, -0.1) is 0 Å². The normalized spacial score (nSPS) is 18.7. The molecule has 0 bridgehead atoms. The number of amidine groups is 1. The number of anilines is 1. The molecule has 0 aliphatic carbocycles.